The summed E-state index contributed by atoms with van der Waals surface area (Å²) in [5, 5.41) is 6.89. The molecule has 2 heterocycles. The first-order valence-corrected chi connectivity index (χ1v) is 10.9. The number of benzene rings is 2. The molecule has 2 aliphatic heterocycles. The molecule has 6 nitrogen and oxygen atoms in total. The van der Waals surface area contributed by atoms with Gasteiger partial charge in [0.25, 0.3) is 0 Å². The number of guanidine groups is 1. The van der Waals surface area contributed by atoms with Crippen molar-refractivity contribution in [1.29, 1.82) is 0 Å². The number of hydrogen-bond acceptors (Lipinski definition) is 3. The van der Waals surface area contributed by atoms with E-state index in [1.54, 1.807) is 7.05 Å². The van der Waals surface area contributed by atoms with Gasteiger partial charge in [-0.25, -0.2) is 0 Å². The van der Waals surface area contributed by atoms with E-state index in [4.69, 9.17) is 0 Å². The Kier molecular flexibility index (Phi) is 8.57. The van der Waals surface area contributed by atoms with E-state index in [-0.39, 0.29) is 29.9 Å². The fourth-order valence-corrected chi connectivity index (χ4v) is 4.32. The fraction of sp³-hybridized carbons (Fsp3) is 0.417. The van der Waals surface area contributed by atoms with Crippen molar-refractivity contribution in [1.82, 2.24) is 10.6 Å². The molecular formula is C24H32IN5O. The zero-order valence-corrected chi connectivity index (χ0v) is 20.4. The summed E-state index contributed by atoms with van der Waals surface area (Å²) in [4.78, 5) is 21.3. The van der Waals surface area contributed by atoms with E-state index in [1.165, 1.54) is 11.3 Å². The van der Waals surface area contributed by atoms with Crippen LogP contribution in [0.1, 0.15) is 24.8 Å². The molecule has 0 saturated carbocycles. The molecule has 7 heteroatoms. The van der Waals surface area contributed by atoms with Gasteiger partial charge in [-0.2, -0.15) is 0 Å². The highest BCUT2D eigenvalue weighted by Gasteiger charge is 2.24. The average molecular weight is 533 g/mol. The third-order valence-electron chi connectivity index (χ3n) is 5.92. The Morgan fingerprint density at radius 1 is 1.10 bits per heavy atom. The SMILES string of the molecule is CN=C(NCCCC(=O)N1CCc2ccccc21)NC1CCN(c2ccccc2)C1.I. The van der Waals surface area contributed by atoms with E-state index in [9.17, 15) is 4.79 Å². The predicted octanol–water partition coefficient (Wildman–Crippen LogP) is 3.42. The number of nitrogens with one attached hydrogen (secondary N) is 2. The van der Waals surface area contributed by atoms with Crippen LogP contribution in [-0.4, -0.2) is 51.1 Å². The minimum atomic E-state index is 0. The maximum atomic E-state index is 12.6. The second kappa shape index (κ2) is 11.4. The molecule has 2 N–H and O–H groups in total. The Morgan fingerprint density at radius 3 is 2.68 bits per heavy atom. The number of carbonyl (C=O) groups is 1. The molecule has 1 saturated heterocycles. The van der Waals surface area contributed by atoms with Gasteiger partial charge in [-0.05, 0) is 43.0 Å². The lowest BCUT2D eigenvalue weighted by Crippen LogP contribution is -2.45. The first-order chi connectivity index (χ1) is 14.7. The summed E-state index contributed by atoms with van der Waals surface area (Å²) in [6.45, 7) is 3.55. The van der Waals surface area contributed by atoms with Gasteiger partial charge in [0, 0.05) is 57.1 Å². The first-order valence-electron chi connectivity index (χ1n) is 10.9. The third-order valence-corrected chi connectivity index (χ3v) is 5.92. The summed E-state index contributed by atoms with van der Waals surface area (Å²) >= 11 is 0. The lowest BCUT2D eigenvalue weighted by Gasteiger charge is -2.20. The van der Waals surface area contributed by atoms with Crippen molar-refractivity contribution in [2.75, 3.05) is 43.0 Å². The van der Waals surface area contributed by atoms with Crippen molar-refractivity contribution < 1.29 is 4.79 Å². The molecule has 1 amide bonds. The Hall–Kier alpha value is -2.29. The molecule has 0 aromatic heterocycles. The van der Waals surface area contributed by atoms with Crippen LogP contribution in [0.4, 0.5) is 11.4 Å². The number of anilines is 2. The van der Waals surface area contributed by atoms with Gasteiger partial charge in [-0.3, -0.25) is 9.79 Å². The number of nitrogens with zero attached hydrogens (tertiary/aromatic N) is 3. The Morgan fingerprint density at radius 2 is 1.87 bits per heavy atom. The summed E-state index contributed by atoms with van der Waals surface area (Å²) in [6.07, 6.45) is 3.38. The van der Waals surface area contributed by atoms with Gasteiger partial charge in [0.05, 0.1) is 0 Å². The van der Waals surface area contributed by atoms with E-state index in [0.717, 1.165) is 57.1 Å². The van der Waals surface area contributed by atoms with Crippen LogP contribution in [0.2, 0.25) is 0 Å². The zero-order valence-electron chi connectivity index (χ0n) is 18.1. The highest BCUT2D eigenvalue weighted by Crippen LogP contribution is 2.28. The number of halogens is 1. The zero-order chi connectivity index (χ0) is 20.8. The average Bonchev–Trinajstić information content (AvgIpc) is 3.43. The molecule has 0 bridgehead atoms. The number of aliphatic imine (C=N–C) groups is 1. The number of fused-ring (bicyclic) bond motifs is 1. The highest BCUT2D eigenvalue weighted by atomic mass is 127. The molecule has 0 aliphatic carbocycles. The topological polar surface area (TPSA) is 60.0 Å². The summed E-state index contributed by atoms with van der Waals surface area (Å²) in [5.74, 6) is 1.02. The number of hydrogen-bond donors (Lipinski definition) is 2. The van der Waals surface area contributed by atoms with Crippen LogP contribution >= 0.6 is 24.0 Å². The molecule has 2 aliphatic rings. The minimum Gasteiger partial charge on any atom is -0.369 e. The fourth-order valence-electron chi connectivity index (χ4n) is 4.32. The number of carbonyl (C=O) groups excluding carboxylic acids is 1. The molecule has 2 aromatic carbocycles. The van der Waals surface area contributed by atoms with Crippen molar-refractivity contribution in [3.05, 3.63) is 60.2 Å². The summed E-state index contributed by atoms with van der Waals surface area (Å²) < 4.78 is 0. The van der Waals surface area contributed by atoms with Crippen LogP contribution in [-0.2, 0) is 11.2 Å². The van der Waals surface area contributed by atoms with Crippen molar-refractivity contribution in [3.8, 4) is 0 Å². The third kappa shape index (κ3) is 5.90. The van der Waals surface area contributed by atoms with E-state index in [2.05, 4.69) is 50.9 Å². The summed E-state index contributed by atoms with van der Waals surface area (Å²) in [7, 11) is 1.80. The van der Waals surface area contributed by atoms with Crippen LogP contribution in [0.3, 0.4) is 0 Å². The smallest absolute Gasteiger partial charge is 0.227 e. The van der Waals surface area contributed by atoms with Crippen molar-refractivity contribution >= 4 is 47.2 Å². The van der Waals surface area contributed by atoms with Gasteiger partial charge in [-0.1, -0.05) is 36.4 Å². The quantitative estimate of drug-likeness (QED) is 0.259. The van der Waals surface area contributed by atoms with Crippen molar-refractivity contribution in [3.63, 3.8) is 0 Å². The van der Waals surface area contributed by atoms with Gasteiger partial charge in [0.15, 0.2) is 5.96 Å². The molecule has 1 atom stereocenters. The molecule has 1 fully saturated rings. The van der Waals surface area contributed by atoms with Gasteiger partial charge >= 0.3 is 0 Å². The highest BCUT2D eigenvalue weighted by molar-refractivity contribution is 14.0. The maximum absolute atomic E-state index is 12.6. The standard InChI is InChI=1S/C24H31N5O.HI/c1-25-24(27-20-14-16-28(18-20)21-9-3-2-4-10-21)26-15-7-12-23(30)29-17-13-19-8-5-6-11-22(19)29;/h2-6,8-11,20H,7,12-18H2,1H3,(H2,25,26,27);1H. The lowest BCUT2D eigenvalue weighted by atomic mass is 10.2. The number of amides is 1. The summed E-state index contributed by atoms with van der Waals surface area (Å²) in [6, 6.07) is 19.1. The molecular weight excluding hydrogens is 501 g/mol. The second-order valence-electron chi connectivity index (χ2n) is 7.94. The molecule has 2 aromatic rings. The Balaban J connectivity index is 0.00000272. The van der Waals surface area contributed by atoms with E-state index in [1.807, 2.05) is 29.2 Å². The van der Waals surface area contributed by atoms with Crippen LogP contribution in [0.15, 0.2) is 59.6 Å². The van der Waals surface area contributed by atoms with Gasteiger partial charge < -0.3 is 20.4 Å². The van der Waals surface area contributed by atoms with Gasteiger partial charge in [0.2, 0.25) is 5.91 Å². The largest absolute Gasteiger partial charge is 0.369 e. The maximum Gasteiger partial charge on any atom is 0.227 e. The molecule has 1 unspecified atom stereocenters. The van der Waals surface area contributed by atoms with E-state index >= 15 is 0 Å². The van der Waals surface area contributed by atoms with Crippen LogP contribution in [0.25, 0.3) is 0 Å². The lowest BCUT2D eigenvalue weighted by molar-refractivity contribution is -0.118. The van der Waals surface area contributed by atoms with E-state index in [0.29, 0.717) is 12.5 Å². The number of rotatable bonds is 6. The molecule has 166 valence electrons. The van der Waals surface area contributed by atoms with Crippen LogP contribution in [0.5, 0.6) is 0 Å². The van der Waals surface area contributed by atoms with Crippen LogP contribution in [0, 0.1) is 0 Å². The second-order valence-corrected chi connectivity index (χ2v) is 7.94. The summed E-state index contributed by atoms with van der Waals surface area (Å²) in [5.41, 5.74) is 3.62. The van der Waals surface area contributed by atoms with E-state index < -0.39 is 0 Å². The Bertz CT molecular complexity index is 889. The molecule has 31 heavy (non-hydrogen) atoms. The van der Waals surface area contributed by atoms with Gasteiger partial charge in [-0.15, -0.1) is 24.0 Å². The molecule has 0 radical (unpaired) electrons. The predicted molar refractivity (Wildman–Crippen MR) is 139 cm³/mol. The first kappa shape index (κ1) is 23.4. The Labute approximate surface area is 202 Å². The normalized spacial score (nSPS) is 17.8. The minimum absolute atomic E-state index is 0. The molecule has 0 spiro atoms. The van der Waals surface area contributed by atoms with Crippen LogP contribution < -0.4 is 20.4 Å². The van der Waals surface area contributed by atoms with Crippen molar-refractivity contribution in [2.45, 2.75) is 31.7 Å². The number of para-hydroxylation sites is 2. The van der Waals surface area contributed by atoms with Gasteiger partial charge in [0.1, 0.15) is 0 Å². The molecule has 4 rings (SSSR count). The monoisotopic (exact) mass is 533 g/mol. The van der Waals surface area contributed by atoms with Crippen molar-refractivity contribution in [2.24, 2.45) is 4.99 Å².